The van der Waals surface area contributed by atoms with Gasteiger partial charge in [0.1, 0.15) is 28.8 Å². The van der Waals surface area contributed by atoms with Crippen molar-refractivity contribution in [2.75, 3.05) is 18.2 Å². The molecule has 0 atom stereocenters. The van der Waals surface area contributed by atoms with Gasteiger partial charge in [-0.2, -0.15) is 31.3 Å². The zero-order chi connectivity index (χ0) is 31.1. The van der Waals surface area contributed by atoms with E-state index in [9.17, 15) is 26.3 Å². The Bertz CT molecular complexity index is 1530. The van der Waals surface area contributed by atoms with Crippen LogP contribution in [0, 0.1) is 0 Å². The Morgan fingerprint density at radius 1 is 0.952 bits per heavy atom. The van der Waals surface area contributed by atoms with E-state index in [2.05, 4.69) is 20.3 Å². The Hall–Kier alpha value is -5.08. The molecule has 42 heavy (non-hydrogen) atoms. The number of nitrogens with zero attached hydrogens (tertiary/aromatic N) is 3. The van der Waals surface area contributed by atoms with Gasteiger partial charge in [0.2, 0.25) is 5.95 Å². The highest BCUT2D eigenvalue weighted by molar-refractivity contribution is 5.74. The Kier molecular flexibility index (Phi) is 9.78. The summed E-state index contributed by atoms with van der Waals surface area (Å²) in [6, 6.07) is 16.4. The highest BCUT2D eigenvalue weighted by Gasteiger charge is 2.38. The zero-order valence-electron chi connectivity index (χ0n) is 21.9. The molecule has 0 saturated heterocycles. The third-order valence-corrected chi connectivity index (χ3v) is 5.34. The molecule has 0 fully saturated rings. The Labute approximate surface area is 235 Å². The van der Waals surface area contributed by atoms with Crippen LogP contribution in [0.1, 0.15) is 18.2 Å². The summed E-state index contributed by atoms with van der Waals surface area (Å²) >= 11 is 0. The SMILES string of the molecule is CCc1c(Nc2ccc(Oc3ccnc(C(F)(F)F)c3)cc2)nc(N)nc1-c1cccc(OC)c1.O=C(O)C(F)(F)F. The van der Waals surface area contributed by atoms with Crippen molar-refractivity contribution in [3.8, 4) is 28.5 Å². The van der Waals surface area contributed by atoms with Crippen molar-refractivity contribution < 1.29 is 45.7 Å². The minimum Gasteiger partial charge on any atom is -0.497 e. The van der Waals surface area contributed by atoms with Gasteiger partial charge in [0.05, 0.1) is 12.8 Å². The molecule has 0 spiro atoms. The molecule has 0 bridgehead atoms. The largest absolute Gasteiger partial charge is 0.497 e. The number of hydrogen-bond donors (Lipinski definition) is 3. The van der Waals surface area contributed by atoms with Crippen LogP contribution in [0.3, 0.4) is 0 Å². The van der Waals surface area contributed by atoms with E-state index in [1.165, 1.54) is 6.07 Å². The predicted molar refractivity (Wildman–Crippen MR) is 141 cm³/mol. The van der Waals surface area contributed by atoms with Crippen LogP contribution in [0.5, 0.6) is 17.2 Å². The maximum Gasteiger partial charge on any atom is 0.490 e. The van der Waals surface area contributed by atoms with E-state index in [4.69, 9.17) is 25.1 Å². The van der Waals surface area contributed by atoms with Gasteiger partial charge in [0.15, 0.2) is 0 Å². The number of nitrogens with one attached hydrogen (secondary N) is 1. The van der Waals surface area contributed by atoms with Crippen LogP contribution in [-0.4, -0.2) is 39.3 Å². The first kappa shape index (κ1) is 31.4. The molecular weight excluding hydrogens is 572 g/mol. The van der Waals surface area contributed by atoms with Crippen LogP contribution in [-0.2, 0) is 17.4 Å². The summed E-state index contributed by atoms with van der Waals surface area (Å²) in [4.78, 5) is 21.0. The number of pyridine rings is 1. The summed E-state index contributed by atoms with van der Waals surface area (Å²) in [6.45, 7) is 1.99. The van der Waals surface area contributed by atoms with Gasteiger partial charge in [-0.05, 0) is 48.9 Å². The van der Waals surface area contributed by atoms with Gasteiger partial charge in [-0.1, -0.05) is 19.1 Å². The van der Waals surface area contributed by atoms with Crippen LogP contribution < -0.4 is 20.5 Å². The molecule has 0 aliphatic carbocycles. The second-order valence-electron chi connectivity index (χ2n) is 8.27. The summed E-state index contributed by atoms with van der Waals surface area (Å²) in [6.07, 6.45) is -7.94. The molecule has 0 radical (unpaired) electrons. The van der Waals surface area contributed by atoms with Crippen molar-refractivity contribution in [1.29, 1.82) is 0 Å². The summed E-state index contributed by atoms with van der Waals surface area (Å²) in [7, 11) is 1.60. The molecule has 15 heteroatoms. The maximum atomic E-state index is 12.9. The number of benzene rings is 2. The third-order valence-electron chi connectivity index (χ3n) is 5.34. The van der Waals surface area contributed by atoms with Crippen molar-refractivity contribution in [3.63, 3.8) is 0 Å². The summed E-state index contributed by atoms with van der Waals surface area (Å²) < 4.78 is 81.3. The molecule has 0 amide bonds. The monoisotopic (exact) mass is 595 g/mol. The number of alkyl halides is 6. The Morgan fingerprint density at radius 3 is 2.19 bits per heavy atom. The fourth-order valence-electron chi connectivity index (χ4n) is 3.46. The van der Waals surface area contributed by atoms with E-state index in [1.54, 1.807) is 31.4 Å². The molecule has 0 aliphatic heterocycles. The molecule has 2 heterocycles. The number of anilines is 3. The average Bonchev–Trinajstić information content (AvgIpc) is 2.93. The summed E-state index contributed by atoms with van der Waals surface area (Å²) in [5.41, 5.74) is 8.07. The second kappa shape index (κ2) is 13.1. The Balaban J connectivity index is 0.000000616. The smallest absolute Gasteiger partial charge is 0.490 e. The minimum atomic E-state index is -5.08. The fourth-order valence-corrected chi connectivity index (χ4v) is 3.46. The molecule has 0 saturated carbocycles. The standard InChI is InChI=1S/C25H22F3N5O2.C2HF3O2/c1-3-20-22(15-5-4-6-18(13-15)34-2)32-24(29)33-23(20)31-16-7-9-17(10-8-16)35-19-11-12-30-21(14-19)25(26,27)28;3-2(4,5)1(6)7/h4-14H,3H2,1-2H3,(H3,29,31,32,33);(H,6,7). The van der Waals surface area contributed by atoms with Crippen molar-refractivity contribution in [1.82, 2.24) is 15.0 Å². The zero-order valence-corrected chi connectivity index (χ0v) is 21.9. The molecule has 2 aromatic heterocycles. The predicted octanol–water partition coefficient (Wildman–Crippen LogP) is 6.88. The number of ether oxygens (including phenoxy) is 2. The van der Waals surface area contributed by atoms with Gasteiger partial charge >= 0.3 is 18.3 Å². The number of rotatable bonds is 7. The lowest BCUT2D eigenvalue weighted by molar-refractivity contribution is -0.192. The number of carboxylic acid groups (broad SMARTS) is 1. The number of halogens is 6. The van der Waals surface area contributed by atoms with Crippen molar-refractivity contribution in [2.45, 2.75) is 25.7 Å². The lowest BCUT2D eigenvalue weighted by atomic mass is 10.0. The number of hydrogen-bond acceptors (Lipinski definition) is 8. The van der Waals surface area contributed by atoms with Gasteiger partial charge in [-0.15, -0.1) is 0 Å². The first-order valence-electron chi connectivity index (χ1n) is 11.9. The molecule has 9 nitrogen and oxygen atoms in total. The lowest BCUT2D eigenvalue weighted by Gasteiger charge is -2.15. The average molecular weight is 596 g/mol. The van der Waals surface area contributed by atoms with Gasteiger partial charge in [0.25, 0.3) is 0 Å². The van der Waals surface area contributed by atoms with Gasteiger partial charge in [-0.25, -0.2) is 9.78 Å². The fraction of sp³-hybridized carbons (Fsp3) is 0.185. The number of carboxylic acids is 1. The Morgan fingerprint density at radius 2 is 1.62 bits per heavy atom. The van der Waals surface area contributed by atoms with Gasteiger partial charge in [0, 0.05) is 29.1 Å². The molecule has 2 aromatic carbocycles. The van der Waals surface area contributed by atoms with Gasteiger partial charge < -0.3 is 25.6 Å². The lowest BCUT2D eigenvalue weighted by Crippen LogP contribution is -2.21. The molecule has 222 valence electrons. The molecule has 0 aliphatic rings. The number of methoxy groups -OCH3 is 1. The van der Waals surface area contributed by atoms with Crippen LogP contribution in [0.2, 0.25) is 0 Å². The maximum absolute atomic E-state index is 12.9. The topological polar surface area (TPSA) is 132 Å². The van der Waals surface area contributed by atoms with Crippen LogP contribution >= 0.6 is 0 Å². The van der Waals surface area contributed by atoms with E-state index >= 15 is 0 Å². The quantitative estimate of drug-likeness (QED) is 0.196. The van der Waals surface area contributed by atoms with Crippen LogP contribution in [0.4, 0.5) is 43.8 Å². The highest BCUT2D eigenvalue weighted by Crippen LogP contribution is 2.33. The first-order chi connectivity index (χ1) is 19.7. The molecule has 0 unspecified atom stereocenters. The van der Waals surface area contributed by atoms with E-state index in [0.717, 1.165) is 23.4 Å². The number of aliphatic carboxylic acids is 1. The molecular formula is C27H23F6N5O4. The summed E-state index contributed by atoms with van der Waals surface area (Å²) in [5.74, 6) is -0.996. The molecule has 4 N–H and O–H groups in total. The number of nitrogen functional groups attached to an aromatic ring is 1. The second-order valence-corrected chi connectivity index (χ2v) is 8.27. The van der Waals surface area contributed by atoms with Crippen LogP contribution in [0.25, 0.3) is 11.3 Å². The van der Waals surface area contributed by atoms with E-state index in [0.29, 0.717) is 35.1 Å². The van der Waals surface area contributed by atoms with Gasteiger partial charge in [-0.3, -0.25) is 4.98 Å². The summed E-state index contributed by atoms with van der Waals surface area (Å²) in [5, 5.41) is 10.4. The van der Waals surface area contributed by atoms with E-state index in [-0.39, 0.29) is 11.7 Å². The normalized spacial score (nSPS) is 11.2. The van der Waals surface area contributed by atoms with Crippen molar-refractivity contribution >= 4 is 23.4 Å². The number of aromatic nitrogens is 3. The number of carbonyl (C=O) groups is 1. The van der Waals surface area contributed by atoms with E-state index < -0.39 is 24.0 Å². The first-order valence-corrected chi connectivity index (χ1v) is 11.9. The van der Waals surface area contributed by atoms with Crippen LogP contribution in [0.15, 0.2) is 66.9 Å². The minimum absolute atomic E-state index is 0.0350. The molecule has 4 aromatic rings. The highest BCUT2D eigenvalue weighted by atomic mass is 19.4. The van der Waals surface area contributed by atoms with E-state index in [1.807, 2.05) is 31.2 Å². The third kappa shape index (κ3) is 8.46. The molecule has 4 rings (SSSR count). The van der Waals surface area contributed by atoms with Crippen molar-refractivity contribution in [2.24, 2.45) is 0 Å². The van der Waals surface area contributed by atoms with Crippen molar-refractivity contribution in [3.05, 3.63) is 78.1 Å². The number of nitrogens with two attached hydrogens (primary N) is 1.